The van der Waals surface area contributed by atoms with E-state index < -0.39 is 18.1 Å². The lowest BCUT2D eigenvalue weighted by molar-refractivity contribution is 0.0513. The van der Waals surface area contributed by atoms with E-state index in [4.69, 9.17) is 10.5 Å². The highest BCUT2D eigenvalue weighted by molar-refractivity contribution is 5.91. The molecule has 0 atom stereocenters. The van der Waals surface area contributed by atoms with Crippen LogP contribution in [-0.4, -0.2) is 24.7 Å². The van der Waals surface area contributed by atoms with Crippen LogP contribution in [-0.2, 0) is 4.74 Å². The molecule has 0 aliphatic carbocycles. The van der Waals surface area contributed by atoms with E-state index in [-0.39, 0.29) is 23.7 Å². The van der Waals surface area contributed by atoms with Crippen LogP contribution in [0.1, 0.15) is 29.4 Å². The van der Waals surface area contributed by atoms with E-state index in [0.29, 0.717) is 0 Å². The number of nitrogen functional groups attached to an aromatic ring is 1. The van der Waals surface area contributed by atoms with Gasteiger partial charge in [0.05, 0.1) is 19.3 Å². The Balaban J connectivity index is 3.28. The summed E-state index contributed by atoms with van der Waals surface area (Å²) in [5, 5.41) is 0. The SMILES string of the molecule is CCOC(=O)c1cc(OC)c(N)nc1C(F)F. The largest absolute Gasteiger partial charge is 0.493 e. The molecule has 1 rings (SSSR count). The number of anilines is 1. The third kappa shape index (κ3) is 2.80. The van der Waals surface area contributed by atoms with E-state index in [1.165, 1.54) is 7.11 Å². The Morgan fingerprint density at radius 2 is 2.24 bits per heavy atom. The fourth-order valence-electron chi connectivity index (χ4n) is 1.23. The summed E-state index contributed by atoms with van der Waals surface area (Å²) in [5.74, 6) is -1.03. The Hall–Kier alpha value is -1.92. The van der Waals surface area contributed by atoms with Gasteiger partial charge in [0, 0.05) is 6.07 Å². The van der Waals surface area contributed by atoms with Crippen LogP contribution in [0.4, 0.5) is 14.6 Å². The van der Waals surface area contributed by atoms with Crippen LogP contribution in [0, 0.1) is 0 Å². The van der Waals surface area contributed by atoms with Gasteiger partial charge in [0.1, 0.15) is 5.69 Å². The zero-order valence-corrected chi connectivity index (χ0v) is 9.37. The van der Waals surface area contributed by atoms with Crippen molar-refractivity contribution in [3.8, 4) is 5.75 Å². The number of rotatable bonds is 4. The first-order chi connectivity index (χ1) is 8.01. The van der Waals surface area contributed by atoms with Crippen LogP contribution in [0.2, 0.25) is 0 Å². The number of hydrogen-bond donors (Lipinski definition) is 1. The maximum atomic E-state index is 12.7. The molecular weight excluding hydrogens is 234 g/mol. The number of methoxy groups -OCH3 is 1. The first-order valence-corrected chi connectivity index (χ1v) is 4.80. The lowest BCUT2D eigenvalue weighted by atomic mass is 10.2. The molecule has 2 N–H and O–H groups in total. The fraction of sp³-hybridized carbons (Fsp3) is 0.400. The normalized spacial score (nSPS) is 10.4. The van der Waals surface area contributed by atoms with Crippen LogP contribution in [0.15, 0.2) is 6.07 Å². The van der Waals surface area contributed by atoms with Crippen LogP contribution in [0.25, 0.3) is 0 Å². The molecule has 0 saturated heterocycles. The van der Waals surface area contributed by atoms with Gasteiger partial charge in [-0.3, -0.25) is 0 Å². The minimum Gasteiger partial charge on any atom is -0.493 e. The van der Waals surface area contributed by atoms with Gasteiger partial charge in [-0.05, 0) is 6.92 Å². The molecule has 0 spiro atoms. The number of ether oxygens (including phenoxy) is 2. The highest BCUT2D eigenvalue weighted by Crippen LogP contribution is 2.28. The molecule has 0 bridgehead atoms. The Bertz CT molecular complexity index is 424. The predicted octanol–water partition coefficient (Wildman–Crippen LogP) is 1.79. The number of carbonyl (C=O) groups is 1. The molecule has 5 nitrogen and oxygen atoms in total. The molecule has 0 aromatic carbocycles. The van der Waals surface area contributed by atoms with Gasteiger partial charge in [-0.2, -0.15) is 0 Å². The zero-order valence-electron chi connectivity index (χ0n) is 9.37. The number of nitrogens with zero attached hydrogens (tertiary/aromatic N) is 1. The Morgan fingerprint density at radius 1 is 1.59 bits per heavy atom. The maximum Gasteiger partial charge on any atom is 0.340 e. The molecular formula is C10H12F2N2O3. The van der Waals surface area contributed by atoms with Crippen molar-refractivity contribution in [1.82, 2.24) is 4.98 Å². The lowest BCUT2D eigenvalue weighted by Crippen LogP contribution is -2.12. The van der Waals surface area contributed by atoms with Crippen LogP contribution >= 0.6 is 0 Å². The number of pyridine rings is 1. The van der Waals surface area contributed by atoms with Crippen molar-refractivity contribution in [1.29, 1.82) is 0 Å². The van der Waals surface area contributed by atoms with E-state index in [9.17, 15) is 13.6 Å². The highest BCUT2D eigenvalue weighted by atomic mass is 19.3. The van der Waals surface area contributed by atoms with Crippen molar-refractivity contribution < 1.29 is 23.0 Å². The van der Waals surface area contributed by atoms with Crippen molar-refractivity contribution in [2.24, 2.45) is 0 Å². The summed E-state index contributed by atoms with van der Waals surface area (Å²) in [6.07, 6.45) is -2.91. The standard InChI is InChI=1S/C10H12F2N2O3/c1-3-17-10(15)5-4-6(16-2)9(13)14-7(5)8(11)12/h4,8H,3H2,1-2H3,(H2,13,14). The smallest absolute Gasteiger partial charge is 0.340 e. The maximum absolute atomic E-state index is 12.7. The highest BCUT2D eigenvalue weighted by Gasteiger charge is 2.23. The van der Waals surface area contributed by atoms with Crippen molar-refractivity contribution in [3.63, 3.8) is 0 Å². The molecule has 1 heterocycles. The fourth-order valence-corrected chi connectivity index (χ4v) is 1.23. The van der Waals surface area contributed by atoms with Crippen LogP contribution < -0.4 is 10.5 Å². The van der Waals surface area contributed by atoms with Gasteiger partial charge in [-0.25, -0.2) is 18.6 Å². The molecule has 0 amide bonds. The van der Waals surface area contributed by atoms with Crippen molar-refractivity contribution >= 4 is 11.8 Å². The lowest BCUT2D eigenvalue weighted by Gasteiger charge is -2.11. The summed E-state index contributed by atoms with van der Waals surface area (Å²) in [7, 11) is 1.30. The second-order valence-electron chi connectivity index (χ2n) is 3.03. The van der Waals surface area contributed by atoms with Crippen LogP contribution in [0.5, 0.6) is 5.75 Å². The van der Waals surface area contributed by atoms with Gasteiger partial charge < -0.3 is 15.2 Å². The average molecular weight is 246 g/mol. The van der Waals surface area contributed by atoms with Gasteiger partial charge in [0.25, 0.3) is 6.43 Å². The Labute approximate surface area is 96.5 Å². The summed E-state index contributed by atoms with van der Waals surface area (Å²) >= 11 is 0. The molecule has 94 valence electrons. The van der Waals surface area contributed by atoms with Crippen molar-refractivity contribution in [3.05, 3.63) is 17.3 Å². The second kappa shape index (κ2) is 5.42. The first-order valence-electron chi connectivity index (χ1n) is 4.80. The topological polar surface area (TPSA) is 74.4 Å². The molecule has 0 aliphatic rings. The number of esters is 1. The third-order valence-electron chi connectivity index (χ3n) is 1.97. The summed E-state index contributed by atoms with van der Waals surface area (Å²) in [5.41, 5.74) is 4.34. The molecule has 17 heavy (non-hydrogen) atoms. The average Bonchev–Trinajstić information content (AvgIpc) is 2.28. The molecule has 0 aliphatic heterocycles. The first kappa shape index (κ1) is 13.1. The van der Waals surface area contributed by atoms with Crippen LogP contribution in [0.3, 0.4) is 0 Å². The van der Waals surface area contributed by atoms with E-state index >= 15 is 0 Å². The zero-order chi connectivity index (χ0) is 13.0. The van der Waals surface area contributed by atoms with E-state index in [2.05, 4.69) is 9.72 Å². The Kier molecular flexibility index (Phi) is 4.19. The van der Waals surface area contributed by atoms with Gasteiger partial charge in [-0.15, -0.1) is 0 Å². The number of carbonyl (C=O) groups excluding carboxylic acids is 1. The van der Waals surface area contributed by atoms with E-state index in [1.807, 2.05) is 0 Å². The number of hydrogen-bond acceptors (Lipinski definition) is 5. The number of alkyl halides is 2. The van der Waals surface area contributed by atoms with E-state index in [0.717, 1.165) is 6.07 Å². The van der Waals surface area contributed by atoms with Gasteiger partial charge in [0.2, 0.25) is 0 Å². The summed E-state index contributed by atoms with van der Waals surface area (Å²) in [6.45, 7) is 1.65. The predicted molar refractivity (Wildman–Crippen MR) is 56.1 cm³/mol. The second-order valence-corrected chi connectivity index (χ2v) is 3.03. The quantitative estimate of drug-likeness (QED) is 0.820. The molecule has 1 aromatic heterocycles. The molecule has 1 aromatic rings. The number of aromatic nitrogens is 1. The third-order valence-corrected chi connectivity index (χ3v) is 1.97. The molecule has 0 fully saturated rings. The van der Waals surface area contributed by atoms with Gasteiger partial charge in [-0.1, -0.05) is 0 Å². The molecule has 0 saturated carbocycles. The summed E-state index contributed by atoms with van der Waals surface area (Å²) < 4.78 is 34.8. The number of halogens is 2. The summed E-state index contributed by atoms with van der Waals surface area (Å²) in [6, 6.07) is 1.10. The Morgan fingerprint density at radius 3 is 2.71 bits per heavy atom. The molecule has 7 heteroatoms. The molecule has 0 radical (unpaired) electrons. The summed E-state index contributed by atoms with van der Waals surface area (Å²) in [4.78, 5) is 14.9. The van der Waals surface area contributed by atoms with Gasteiger partial charge >= 0.3 is 5.97 Å². The molecule has 0 unspecified atom stereocenters. The van der Waals surface area contributed by atoms with Crippen molar-refractivity contribution in [2.45, 2.75) is 13.3 Å². The minimum absolute atomic E-state index is 0.0532. The van der Waals surface area contributed by atoms with E-state index in [1.54, 1.807) is 6.92 Å². The monoisotopic (exact) mass is 246 g/mol. The van der Waals surface area contributed by atoms with Crippen molar-refractivity contribution in [2.75, 3.05) is 19.5 Å². The number of nitrogens with two attached hydrogens (primary N) is 1. The minimum atomic E-state index is -2.91. The van der Waals surface area contributed by atoms with Gasteiger partial charge in [0.15, 0.2) is 11.6 Å².